The van der Waals surface area contributed by atoms with Crippen LogP contribution in [0.3, 0.4) is 0 Å². The Morgan fingerprint density at radius 3 is 3.00 bits per heavy atom. The van der Waals surface area contributed by atoms with Gasteiger partial charge in [-0.1, -0.05) is 23.8 Å². The zero-order valence-corrected chi connectivity index (χ0v) is 12.4. The molecule has 0 atom stereocenters. The van der Waals surface area contributed by atoms with Crippen LogP contribution in [0.4, 0.5) is 0 Å². The van der Waals surface area contributed by atoms with E-state index in [0.29, 0.717) is 5.76 Å². The monoisotopic (exact) mass is 282 g/mol. The summed E-state index contributed by atoms with van der Waals surface area (Å²) in [6, 6.07) is 8.46. The van der Waals surface area contributed by atoms with Crippen molar-refractivity contribution in [2.75, 3.05) is 6.54 Å². The van der Waals surface area contributed by atoms with Crippen LogP contribution in [0, 0.1) is 0 Å². The van der Waals surface area contributed by atoms with Crippen molar-refractivity contribution >= 4 is 10.9 Å². The molecular formula is C18H22N2O. The Kier molecular flexibility index (Phi) is 4.11. The lowest BCUT2D eigenvalue weighted by Crippen LogP contribution is -2.16. The Hall–Kier alpha value is -2.00. The number of benzene rings is 1. The second-order valence-electron chi connectivity index (χ2n) is 5.77. The molecular weight excluding hydrogens is 260 g/mol. The van der Waals surface area contributed by atoms with Crippen LogP contribution < -0.4 is 5.32 Å². The number of fused-ring (bicyclic) bond motifs is 1. The van der Waals surface area contributed by atoms with Gasteiger partial charge in [0.05, 0.1) is 0 Å². The van der Waals surface area contributed by atoms with E-state index in [1.807, 2.05) is 12.3 Å². The number of nitrogens with one attached hydrogen (secondary N) is 2. The molecule has 3 rings (SSSR count). The highest BCUT2D eigenvalue weighted by atomic mass is 16.3. The van der Waals surface area contributed by atoms with Gasteiger partial charge in [-0.05, 0) is 61.4 Å². The number of hydrogen-bond acceptors (Lipinski definition) is 2. The summed E-state index contributed by atoms with van der Waals surface area (Å²) in [6.45, 7) is 3.81. The van der Waals surface area contributed by atoms with Crippen LogP contribution in [0.25, 0.3) is 10.9 Å². The van der Waals surface area contributed by atoms with Gasteiger partial charge in [0, 0.05) is 18.3 Å². The molecule has 1 aromatic heterocycles. The fraction of sp³-hybridized carbons (Fsp3) is 0.333. The molecule has 0 fully saturated rings. The van der Waals surface area contributed by atoms with Crippen molar-refractivity contribution in [2.24, 2.45) is 0 Å². The Labute approximate surface area is 125 Å². The van der Waals surface area contributed by atoms with Gasteiger partial charge in [0.2, 0.25) is 0 Å². The average molecular weight is 282 g/mol. The van der Waals surface area contributed by atoms with Crippen molar-refractivity contribution in [3.8, 4) is 0 Å². The molecule has 0 unspecified atom stereocenters. The number of rotatable bonds is 5. The largest absolute Gasteiger partial charge is 0.508 e. The number of aromatic nitrogens is 1. The van der Waals surface area contributed by atoms with E-state index in [1.54, 1.807) is 0 Å². The third kappa shape index (κ3) is 3.19. The Morgan fingerprint density at radius 1 is 1.24 bits per heavy atom. The molecule has 1 aliphatic carbocycles. The molecule has 0 aliphatic heterocycles. The standard InChI is InChI=1S/C18H22N2O/c1-13-5-6-14(17(21)11-13)7-9-19-12-16-4-2-3-15-8-10-20-18(15)16/h2-4,8,10-11,19-21H,5-7,9,12H2,1H3. The van der Waals surface area contributed by atoms with Gasteiger partial charge in [-0.15, -0.1) is 0 Å². The minimum atomic E-state index is 0.479. The normalized spacial score (nSPS) is 15.6. The van der Waals surface area contributed by atoms with E-state index in [4.69, 9.17) is 0 Å². The van der Waals surface area contributed by atoms with E-state index in [2.05, 4.69) is 41.5 Å². The van der Waals surface area contributed by atoms with Gasteiger partial charge in [0.15, 0.2) is 0 Å². The molecule has 1 aromatic carbocycles. The number of aliphatic hydroxyl groups excluding tert-OH is 1. The first-order valence-electron chi connectivity index (χ1n) is 7.58. The minimum absolute atomic E-state index is 0.479. The lowest BCUT2D eigenvalue weighted by molar-refractivity contribution is 0.413. The van der Waals surface area contributed by atoms with Gasteiger partial charge in [-0.3, -0.25) is 0 Å². The smallest absolute Gasteiger partial charge is 0.114 e. The minimum Gasteiger partial charge on any atom is -0.508 e. The molecule has 0 saturated heterocycles. The number of hydrogen-bond donors (Lipinski definition) is 3. The van der Waals surface area contributed by atoms with Crippen LogP contribution in [0.1, 0.15) is 31.7 Å². The summed E-state index contributed by atoms with van der Waals surface area (Å²) < 4.78 is 0. The predicted molar refractivity (Wildman–Crippen MR) is 87.3 cm³/mol. The van der Waals surface area contributed by atoms with E-state index >= 15 is 0 Å². The zero-order valence-electron chi connectivity index (χ0n) is 12.4. The van der Waals surface area contributed by atoms with Crippen molar-refractivity contribution in [3.63, 3.8) is 0 Å². The van der Waals surface area contributed by atoms with Crippen molar-refractivity contribution in [3.05, 3.63) is 59.0 Å². The summed E-state index contributed by atoms with van der Waals surface area (Å²) in [7, 11) is 0. The molecule has 0 amide bonds. The first-order chi connectivity index (χ1) is 10.2. The van der Waals surface area contributed by atoms with Gasteiger partial charge in [-0.25, -0.2) is 0 Å². The highest BCUT2D eigenvalue weighted by molar-refractivity contribution is 5.82. The van der Waals surface area contributed by atoms with E-state index in [-0.39, 0.29) is 0 Å². The van der Waals surface area contributed by atoms with Crippen LogP contribution in [0.5, 0.6) is 0 Å². The molecule has 3 nitrogen and oxygen atoms in total. The van der Waals surface area contributed by atoms with Crippen molar-refractivity contribution in [2.45, 2.75) is 32.7 Å². The molecule has 1 aliphatic rings. The van der Waals surface area contributed by atoms with Gasteiger partial charge in [0.25, 0.3) is 0 Å². The fourth-order valence-corrected chi connectivity index (χ4v) is 2.90. The van der Waals surface area contributed by atoms with E-state index < -0.39 is 0 Å². The summed E-state index contributed by atoms with van der Waals surface area (Å²) in [5.74, 6) is 0.479. The van der Waals surface area contributed by atoms with Crippen LogP contribution >= 0.6 is 0 Å². The molecule has 0 saturated carbocycles. The molecule has 0 bridgehead atoms. The third-order valence-electron chi connectivity index (χ3n) is 4.16. The maximum absolute atomic E-state index is 9.94. The Bertz CT molecular complexity index is 694. The second kappa shape index (κ2) is 6.19. The maximum Gasteiger partial charge on any atom is 0.114 e. The summed E-state index contributed by atoms with van der Waals surface area (Å²) >= 11 is 0. The molecule has 0 radical (unpaired) electrons. The summed E-state index contributed by atoms with van der Waals surface area (Å²) in [6.07, 6.45) is 6.85. The van der Waals surface area contributed by atoms with Crippen LogP contribution in [0.2, 0.25) is 0 Å². The summed E-state index contributed by atoms with van der Waals surface area (Å²) in [5, 5.41) is 14.7. The van der Waals surface area contributed by atoms with E-state index in [9.17, 15) is 5.11 Å². The first-order valence-corrected chi connectivity index (χ1v) is 7.58. The Balaban J connectivity index is 1.55. The third-order valence-corrected chi connectivity index (χ3v) is 4.16. The molecule has 3 heteroatoms. The van der Waals surface area contributed by atoms with Crippen LogP contribution in [-0.2, 0) is 6.54 Å². The average Bonchev–Trinajstić information content (AvgIpc) is 2.94. The van der Waals surface area contributed by atoms with Crippen molar-refractivity contribution in [1.29, 1.82) is 0 Å². The Morgan fingerprint density at radius 2 is 2.14 bits per heavy atom. The zero-order chi connectivity index (χ0) is 14.7. The molecule has 0 spiro atoms. The highest BCUT2D eigenvalue weighted by Gasteiger charge is 2.10. The molecule has 110 valence electrons. The van der Waals surface area contributed by atoms with Gasteiger partial charge in [-0.2, -0.15) is 0 Å². The van der Waals surface area contributed by atoms with E-state index in [1.165, 1.54) is 27.6 Å². The van der Waals surface area contributed by atoms with Crippen molar-refractivity contribution < 1.29 is 5.11 Å². The predicted octanol–water partition coefficient (Wildman–Crippen LogP) is 4.20. The number of allylic oxidation sites excluding steroid dienone is 2. The quantitative estimate of drug-likeness (QED) is 0.720. The molecule has 3 N–H and O–H groups in total. The number of aromatic amines is 1. The van der Waals surface area contributed by atoms with Gasteiger partial charge >= 0.3 is 0 Å². The lowest BCUT2D eigenvalue weighted by atomic mass is 9.96. The highest BCUT2D eigenvalue weighted by Crippen LogP contribution is 2.24. The lowest BCUT2D eigenvalue weighted by Gasteiger charge is -2.15. The first kappa shape index (κ1) is 14.0. The molecule has 1 heterocycles. The van der Waals surface area contributed by atoms with Crippen molar-refractivity contribution in [1.82, 2.24) is 10.3 Å². The topological polar surface area (TPSA) is 48.0 Å². The number of H-pyrrole nitrogens is 1. The van der Waals surface area contributed by atoms with E-state index in [0.717, 1.165) is 32.4 Å². The number of para-hydroxylation sites is 1. The molecule has 2 aromatic rings. The summed E-state index contributed by atoms with van der Waals surface area (Å²) in [5.41, 5.74) is 4.94. The summed E-state index contributed by atoms with van der Waals surface area (Å²) in [4.78, 5) is 3.29. The number of aliphatic hydroxyl groups is 1. The molecule has 21 heavy (non-hydrogen) atoms. The van der Waals surface area contributed by atoms with Gasteiger partial charge < -0.3 is 15.4 Å². The maximum atomic E-state index is 9.94. The SMILES string of the molecule is CC1=CC(O)=C(CCNCc2cccc3cc[nH]c23)CC1. The second-order valence-corrected chi connectivity index (χ2v) is 5.77. The van der Waals surface area contributed by atoms with Crippen LogP contribution in [-0.4, -0.2) is 16.6 Å². The fourth-order valence-electron chi connectivity index (χ4n) is 2.90. The van der Waals surface area contributed by atoms with Gasteiger partial charge in [0.1, 0.15) is 5.76 Å². The van der Waals surface area contributed by atoms with Crippen LogP contribution in [0.15, 0.2) is 53.4 Å².